The van der Waals surface area contributed by atoms with Crippen LogP contribution in [0.2, 0.25) is 0 Å². The number of sulfonamides is 1. The Morgan fingerprint density at radius 3 is 1.91 bits per heavy atom. The molecule has 0 saturated carbocycles. The predicted octanol–water partition coefficient (Wildman–Crippen LogP) is 5.64. The van der Waals surface area contributed by atoms with E-state index in [0.717, 1.165) is 23.3 Å². The van der Waals surface area contributed by atoms with Gasteiger partial charge in [0.05, 0.1) is 4.90 Å². The zero-order valence-electron chi connectivity index (χ0n) is 20.5. The lowest BCUT2D eigenvalue weighted by atomic mass is 10.1. The van der Waals surface area contributed by atoms with E-state index in [0.29, 0.717) is 28.7 Å². The first-order valence-corrected chi connectivity index (χ1v) is 16.5. The molecule has 1 aromatic heterocycles. The summed E-state index contributed by atoms with van der Waals surface area (Å²) in [7, 11) is -6.66. The van der Waals surface area contributed by atoms with Gasteiger partial charge in [0.2, 0.25) is 10.0 Å². The van der Waals surface area contributed by atoms with E-state index in [1.54, 1.807) is 30.3 Å². The number of sulfone groups is 1. The van der Waals surface area contributed by atoms with Crippen LogP contribution in [0.4, 0.5) is 0 Å². The van der Waals surface area contributed by atoms with E-state index in [-0.39, 0.29) is 0 Å². The Kier molecular flexibility index (Phi) is 12.8. The first kappa shape index (κ1) is 29.0. The van der Waals surface area contributed by atoms with E-state index in [2.05, 4.69) is 17.0 Å². The number of rotatable bonds is 18. The number of hydrogen-bond acceptors (Lipinski definition) is 6. The molecule has 6 nitrogen and oxygen atoms in total. The first-order chi connectivity index (χ1) is 16.2. The lowest BCUT2D eigenvalue weighted by Gasteiger charge is -2.06. The Balaban J connectivity index is 1.63. The van der Waals surface area contributed by atoms with Gasteiger partial charge in [0, 0.05) is 30.8 Å². The molecule has 0 unspecified atom stereocenters. The fraction of sp³-hybridized carbons (Fsp3) is 0.600. The van der Waals surface area contributed by atoms with Crippen molar-refractivity contribution < 1.29 is 16.8 Å². The van der Waals surface area contributed by atoms with Crippen LogP contribution >= 0.6 is 11.3 Å². The van der Waals surface area contributed by atoms with Gasteiger partial charge in [-0.15, -0.1) is 11.3 Å². The molecule has 2 N–H and O–H groups in total. The highest BCUT2D eigenvalue weighted by Crippen LogP contribution is 2.21. The third-order valence-electron chi connectivity index (χ3n) is 5.70. The lowest BCUT2D eigenvalue weighted by Crippen LogP contribution is -2.23. The maximum absolute atomic E-state index is 12.5. The normalized spacial score (nSPS) is 12.3. The second-order valence-electron chi connectivity index (χ2n) is 8.82. The maximum Gasteiger partial charge on any atom is 0.250 e. The topological polar surface area (TPSA) is 92.3 Å². The SMILES string of the molecule is CCCCCCCCCCCCNS(=O)(=O)c1ccc(CNCc2ccc(S(C)(=O)=O)cc2)s1. The summed E-state index contributed by atoms with van der Waals surface area (Å²) in [6, 6.07) is 10.3. The number of thiophene rings is 1. The molecule has 0 saturated heterocycles. The van der Waals surface area contributed by atoms with E-state index in [1.165, 1.54) is 69.0 Å². The molecule has 0 bridgehead atoms. The average molecular weight is 529 g/mol. The van der Waals surface area contributed by atoms with Crippen molar-refractivity contribution in [3.8, 4) is 0 Å². The third kappa shape index (κ3) is 11.0. The molecule has 0 amide bonds. The molecule has 0 aliphatic heterocycles. The van der Waals surface area contributed by atoms with Gasteiger partial charge in [-0.05, 0) is 36.2 Å². The molecular weight excluding hydrogens is 488 g/mol. The molecular formula is C25H40N2O4S3. The fourth-order valence-electron chi connectivity index (χ4n) is 3.67. The first-order valence-electron chi connectivity index (χ1n) is 12.3. The summed E-state index contributed by atoms with van der Waals surface area (Å²) in [6.45, 7) is 3.83. The zero-order valence-corrected chi connectivity index (χ0v) is 23.0. The Morgan fingerprint density at radius 2 is 1.32 bits per heavy atom. The Hall–Kier alpha value is -1.26. The highest BCUT2D eigenvalue weighted by Gasteiger charge is 2.16. The summed E-state index contributed by atoms with van der Waals surface area (Å²) >= 11 is 1.27. The summed E-state index contributed by atoms with van der Waals surface area (Å²) in [4.78, 5) is 1.24. The average Bonchev–Trinajstić information content (AvgIpc) is 3.27. The molecule has 0 fully saturated rings. The van der Waals surface area contributed by atoms with Crippen molar-refractivity contribution in [2.75, 3.05) is 12.8 Å². The van der Waals surface area contributed by atoms with E-state index < -0.39 is 19.9 Å². The minimum Gasteiger partial charge on any atom is -0.308 e. The minimum absolute atomic E-state index is 0.301. The van der Waals surface area contributed by atoms with Crippen LogP contribution in [-0.2, 0) is 33.0 Å². The quantitative estimate of drug-likeness (QED) is 0.244. The van der Waals surface area contributed by atoms with Gasteiger partial charge < -0.3 is 5.32 Å². The van der Waals surface area contributed by atoms with Crippen LogP contribution < -0.4 is 10.0 Å². The number of nitrogens with one attached hydrogen (secondary N) is 2. The molecule has 0 spiro atoms. The smallest absolute Gasteiger partial charge is 0.250 e. The molecule has 34 heavy (non-hydrogen) atoms. The third-order valence-corrected chi connectivity index (χ3v) is 9.87. The molecule has 9 heteroatoms. The van der Waals surface area contributed by atoms with Crippen molar-refractivity contribution in [2.24, 2.45) is 0 Å². The van der Waals surface area contributed by atoms with Gasteiger partial charge in [0.1, 0.15) is 4.21 Å². The van der Waals surface area contributed by atoms with Crippen molar-refractivity contribution in [3.63, 3.8) is 0 Å². The summed E-state index contributed by atoms with van der Waals surface area (Å²) in [5, 5.41) is 3.28. The largest absolute Gasteiger partial charge is 0.308 e. The van der Waals surface area contributed by atoms with Crippen LogP contribution in [0, 0.1) is 0 Å². The van der Waals surface area contributed by atoms with Crippen molar-refractivity contribution in [2.45, 2.75) is 93.3 Å². The Morgan fingerprint density at radius 1 is 0.735 bits per heavy atom. The highest BCUT2D eigenvalue weighted by atomic mass is 32.2. The minimum atomic E-state index is -3.46. The van der Waals surface area contributed by atoms with E-state index in [1.807, 2.05) is 6.07 Å². The molecule has 0 atom stereocenters. The molecule has 2 rings (SSSR count). The van der Waals surface area contributed by atoms with Crippen LogP contribution in [0.3, 0.4) is 0 Å². The van der Waals surface area contributed by atoms with Gasteiger partial charge >= 0.3 is 0 Å². The standard InChI is InChI=1S/C25H40N2O4S3/c1-3-4-5-6-7-8-9-10-11-12-19-27-34(30,31)25-18-15-23(32-25)21-26-20-22-13-16-24(17-14-22)33(2,28)29/h13-18,26-27H,3-12,19-21H2,1-2H3. The monoisotopic (exact) mass is 528 g/mol. The van der Waals surface area contributed by atoms with Crippen LogP contribution in [0.15, 0.2) is 45.5 Å². The van der Waals surface area contributed by atoms with E-state index in [9.17, 15) is 16.8 Å². The number of hydrogen-bond donors (Lipinski definition) is 2. The van der Waals surface area contributed by atoms with Crippen LogP contribution in [0.1, 0.15) is 81.6 Å². The molecule has 0 aliphatic rings. The van der Waals surface area contributed by atoms with Gasteiger partial charge in [-0.1, -0.05) is 76.8 Å². The van der Waals surface area contributed by atoms with Crippen molar-refractivity contribution in [3.05, 3.63) is 46.8 Å². The summed E-state index contributed by atoms with van der Waals surface area (Å²) in [6.07, 6.45) is 13.4. The van der Waals surface area contributed by atoms with Gasteiger partial charge in [-0.2, -0.15) is 0 Å². The second kappa shape index (κ2) is 15.0. The maximum atomic E-state index is 12.5. The molecule has 2 aromatic rings. The van der Waals surface area contributed by atoms with Crippen LogP contribution in [0.5, 0.6) is 0 Å². The van der Waals surface area contributed by atoms with Crippen molar-refractivity contribution in [1.82, 2.24) is 10.0 Å². The van der Waals surface area contributed by atoms with E-state index in [4.69, 9.17) is 0 Å². The van der Waals surface area contributed by atoms with Crippen LogP contribution in [-0.4, -0.2) is 29.6 Å². The molecule has 1 aromatic carbocycles. The van der Waals surface area contributed by atoms with E-state index >= 15 is 0 Å². The second-order valence-corrected chi connectivity index (χ2v) is 14.0. The molecule has 192 valence electrons. The number of benzene rings is 1. The van der Waals surface area contributed by atoms with Gasteiger partial charge in [0.25, 0.3) is 0 Å². The summed E-state index contributed by atoms with van der Waals surface area (Å²) < 4.78 is 51.2. The lowest BCUT2D eigenvalue weighted by molar-refractivity contribution is 0.549. The summed E-state index contributed by atoms with van der Waals surface area (Å²) in [5.41, 5.74) is 0.968. The highest BCUT2D eigenvalue weighted by molar-refractivity contribution is 7.91. The van der Waals surface area contributed by atoms with Gasteiger partial charge in [-0.3, -0.25) is 0 Å². The number of unbranched alkanes of at least 4 members (excludes halogenated alkanes) is 9. The van der Waals surface area contributed by atoms with Crippen molar-refractivity contribution in [1.29, 1.82) is 0 Å². The summed E-state index contributed by atoms with van der Waals surface area (Å²) in [5.74, 6) is 0. The molecule has 0 aliphatic carbocycles. The molecule has 1 heterocycles. The zero-order chi connectivity index (χ0) is 24.9. The predicted molar refractivity (Wildman–Crippen MR) is 141 cm³/mol. The van der Waals surface area contributed by atoms with Crippen LogP contribution in [0.25, 0.3) is 0 Å². The Bertz CT molecular complexity index is 1050. The molecule has 0 radical (unpaired) electrons. The van der Waals surface area contributed by atoms with Gasteiger partial charge in [0.15, 0.2) is 9.84 Å². The Labute approximate surface area is 210 Å². The van der Waals surface area contributed by atoms with Gasteiger partial charge in [-0.25, -0.2) is 21.6 Å². The fourth-order valence-corrected chi connectivity index (χ4v) is 6.75. The van der Waals surface area contributed by atoms with Crippen molar-refractivity contribution >= 4 is 31.2 Å².